The van der Waals surface area contributed by atoms with Gasteiger partial charge in [-0.05, 0) is 72.7 Å². The van der Waals surface area contributed by atoms with Crippen molar-refractivity contribution in [3.8, 4) is 11.5 Å². The van der Waals surface area contributed by atoms with Crippen molar-refractivity contribution in [2.75, 3.05) is 19.5 Å². The summed E-state index contributed by atoms with van der Waals surface area (Å²) in [6.45, 7) is 0.373. The van der Waals surface area contributed by atoms with Crippen LogP contribution in [0.5, 0.6) is 11.5 Å². The number of fused-ring (bicyclic) bond motifs is 1. The van der Waals surface area contributed by atoms with Gasteiger partial charge in [0.15, 0.2) is 11.5 Å². The highest BCUT2D eigenvalue weighted by atomic mass is 35.5. The Morgan fingerprint density at radius 3 is 2.57 bits per heavy atom. The second-order valence-electron chi connectivity index (χ2n) is 8.05. The smallest absolute Gasteiger partial charge is 0.341 e. The monoisotopic (exact) mass is 511 g/mol. The van der Waals surface area contributed by atoms with Gasteiger partial charge in [0.1, 0.15) is 11.6 Å². The number of hydrogen-bond acceptors (Lipinski definition) is 6. The van der Waals surface area contributed by atoms with Gasteiger partial charge >= 0.3 is 5.97 Å². The molecular formula is C27H26ClNO5S. The number of thiophene rings is 1. The van der Waals surface area contributed by atoms with Crippen LogP contribution in [0.25, 0.3) is 6.08 Å². The van der Waals surface area contributed by atoms with E-state index in [0.717, 1.165) is 47.3 Å². The first-order chi connectivity index (χ1) is 17.0. The van der Waals surface area contributed by atoms with Crippen LogP contribution < -0.4 is 14.8 Å². The number of carbonyl (C=O) groups is 2. The maximum Gasteiger partial charge on any atom is 0.341 e. The molecule has 0 saturated heterocycles. The van der Waals surface area contributed by atoms with Gasteiger partial charge in [-0.2, -0.15) is 0 Å². The number of esters is 1. The van der Waals surface area contributed by atoms with Crippen molar-refractivity contribution in [1.82, 2.24) is 0 Å². The first-order valence-electron chi connectivity index (χ1n) is 11.3. The quantitative estimate of drug-likeness (QED) is 0.283. The topological polar surface area (TPSA) is 73.9 Å². The molecule has 1 amide bonds. The van der Waals surface area contributed by atoms with E-state index in [4.69, 9.17) is 25.8 Å². The van der Waals surface area contributed by atoms with Gasteiger partial charge < -0.3 is 19.5 Å². The van der Waals surface area contributed by atoms with Gasteiger partial charge in [-0.1, -0.05) is 29.8 Å². The summed E-state index contributed by atoms with van der Waals surface area (Å²) in [5, 5.41) is 4.08. The molecule has 8 heteroatoms. The lowest BCUT2D eigenvalue weighted by molar-refractivity contribution is -0.111. The average Bonchev–Trinajstić information content (AvgIpc) is 3.24. The van der Waals surface area contributed by atoms with E-state index in [9.17, 15) is 9.59 Å². The molecule has 1 aromatic heterocycles. The van der Waals surface area contributed by atoms with Crippen LogP contribution in [0.1, 0.15) is 44.8 Å². The SMILES string of the molecule is COC(=O)c1c(NC(=O)/C=C/c2ccc(OCc3ccc(Cl)cc3)c(OC)c2)sc2c1CCCC2. The molecule has 0 bridgehead atoms. The molecule has 1 N–H and O–H groups in total. The molecule has 0 spiro atoms. The molecule has 35 heavy (non-hydrogen) atoms. The summed E-state index contributed by atoms with van der Waals surface area (Å²) in [6, 6.07) is 12.9. The van der Waals surface area contributed by atoms with Gasteiger partial charge in [0, 0.05) is 16.0 Å². The molecule has 1 aliphatic rings. The summed E-state index contributed by atoms with van der Waals surface area (Å²) in [6.07, 6.45) is 6.98. The minimum absolute atomic E-state index is 0.323. The lowest BCUT2D eigenvalue weighted by atomic mass is 9.95. The normalized spacial score (nSPS) is 12.8. The lowest BCUT2D eigenvalue weighted by Gasteiger charge is -2.12. The van der Waals surface area contributed by atoms with Crippen LogP contribution in [0.3, 0.4) is 0 Å². The molecule has 0 saturated carbocycles. The van der Waals surface area contributed by atoms with Crippen LogP contribution in [-0.4, -0.2) is 26.1 Å². The van der Waals surface area contributed by atoms with Crippen LogP contribution in [0.15, 0.2) is 48.5 Å². The molecule has 0 aliphatic heterocycles. The van der Waals surface area contributed by atoms with E-state index in [0.29, 0.717) is 33.7 Å². The summed E-state index contributed by atoms with van der Waals surface area (Å²) >= 11 is 7.38. The van der Waals surface area contributed by atoms with Crippen molar-refractivity contribution < 1.29 is 23.8 Å². The van der Waals surface area contributed by atoms with Gasteiger partial charge in [0.05, 0.1) is 19.8 Å². The molecule has 1 heterocycles. The van der Waals surface area contributed by atoms with Crippen LogP contribution in [0, 0.1) is 0 Å². The molecule has 0 unspecified atom stereocenters. The summed E-state index contributed by atoms with van der Waals surface area (Å²) in [5.41, 5.74) is 3.25. The van der Waals surface area contributed by atoms with Crippen LogP contribution in [-0.2, 0) is 29.0 Å². The second-order valence-corrected chi connectivity index (χ2v) is 9.60. The maximum absolute atomic E-state index is 12.7. The second kappa shape index (κ2) is 11.4. The van der Waals surface area contributed by atoms with Gasteiger partial charge in [-0.25, -0.2) is 4.79 Å². The lowest BCUT2D eigenvalue weighted by Crippen LogP contribution is -2.13. The largest absolute Gasteiger partial charge is 0.493 e. The first-order valence-corrected chi connectivity index (χ1v) is 12.4. The van der Waals surface area contributed by atoms with Gasteiger partial charge in [0.2, 0.25) is 5.91 Å². The molecule has 0 fully saturated rings. The first kappa shape index (κ1) is 24.8. The van der Waals surface area contributed by atoms with E-state index in [2.05, 4.69) is 5.32 Å². The number of hydrogen-bond donors (Lipinski definition) is 1. The van der Waals surface area contributed by atoms with E-state index in [1.165, 1.54) is 24.5 Å². The minimum Gasteiger partial charge on any atom is -0.493 e. The number of ether oxygens (including phenoxy) is 3. The van der Waals surface area contributed by atoms with Crippen molar-refractivity contribution in [3.63, 3.8) is 0 Å². The zero-order valence-corrected chi connectivity index (χ0v) is 21.1. The molecule has 4 rings (SSSR count). The van der Waals surface area contributed by atoms with Crippen molar-refractivity contribution in [2.24, 2.45) is 0 Å². The molecule has 0 atom stereocenters. The maximum atomic E-state index is 12.7. The highest BCUT2D eigenvalue weighted by Gasteiger charge is 2.26. The Balaban J connectivity index is 1.44. The molecule has 1 aliphatic carbocycles. The van der Waals surface area contributed by atoms with Crippen LogP contribution >= 0.6 is 22.9 Å². The number of methoxy groups -OCH3 is 2. The predicted octanol–water partition coefficient (Wildman–Crippen LogP) is 6.31. The number of rotatable bonds is 8. The van der Waals surface area contributed by atoms with Gasteiger partial charge in [-0.15, -0.1) is 11.3 Å². The fourth-order valence-corrected chi connectivity index (χ4v) is 5.35. The number of anilines is 1. The Labute approximate surface area is 213 Å². The predicted molar refractivity (Wildman–Crippen MR) is 139 cm³/mol. The Kier molecular flexibility index (Phi) is 8.10. The highest BCUT2D eigenvalue weighted by molar-refractivity contribution is 7.17. The molecule has 2 aromatic carbocycles. The molecular weight excluding hydrogens is 486 g/mol. The summed E-state index contributed by atoms with van der Waals surface area (Å²) in [5.74, 6) is 0.412. The van der Waals surface area contributed by atoms with Crippen molar-refractivity contribution in [3.05, 3.63) is 80.7 Å². The number of carbonyl (C=O) groups excluding carboxylic acids is 2. The number of aryl methyl sites for hydroxylation is 1. The van der Waals surface area contributed by atoms with E-state index in [1.54, 1.807) is 25.3 Å². The third kappa shape index (κ3) is 6.05. The molecule has 3 aromatic rings. The number of halogens is 1. The minimum atomic E-state index is -0.414. The van der Waals surface area contributed by atoms with Gasteiger partial charge in [0.25, 0.3) is 0 Å². The number of nitrogens with one attached hydrogen (secondary N) is 1. The van der Waals surface area contributed by atoms with Crippen LogP contribution in [0.4, 0.5) is 5.00 Å². The van der Waals surface area contributed by atoms with E-state index < -0.39 is 5.97 Å². The van der Waals surface area contributed by atoms with Gasteiger partial charge in [-0.3, -0.25) is 4.79 Å². The summed E-state index contributed by atoms with van der Waals surface area (Å²) in [7, 11) is 2.93. The Hall–Kier alpha value is -3.29. The average molecular weight is 512 g/mol. The zero-order chi connectivity index (χ0) is 24.8. The molecule has 182 valence electrons. The standard InChI is InChI=1S/C27H26ClNO5S/c1-32-22-15-17(9-13-21(22)34-16-18-7-11-19(28)12-8-18)10-14-24(30)29-26-25(27(31)33-2)20-5-3-4-6-23(20)35-26/h7-15H,3-6,16H2,1-2H3,(H,29,30)/b14-10+. The van der Waals surface area contributed by atoms with Crippen molar-refractivity contribution in [2.45, 2.75) is 32.3 Å². The molecule has 0 radical (unpaired) electrons. The summed E-state index contributed by atoms with van der Waals surface area (Å²) < 4.78 is 16.3. The number of amides is 1. The van der Waals surface area contributed by atoms with E-state index >= 15 is 0 Å². The highest BCUT2D eigenvalue weighted by Crippen LogP contribution is 2.38. The Morgan fingerprint density at radius 1 is 1.06 bits per heavy atom. The zero-order valence-electron chi connectivity index (χ0n) is 19.6. The number of benzene rings is 2. The Bertz CT molecular complexity index is 1250. The van der Waals surface area contributed by atoms with E-state index in [1.807, 2.05) is 30.3 Å². The summed E-state index contributed by atoms with van der Waals surface area (Å²) in [4.78, 5) is 26.2. The van der Waals surface area contributed by atoms with E-state index in [-0.39, 0.29) is 5.91 Å². The Morgan fingerprint density at radius 2 is 1.83 bits per heavy atom. The third-order valence-corrected chi connectivity index (χ3v) is 7.18. The van der Waals surface area contributed by atoms with Crippen LogP contribution in [0.2, 0.25) is 5.02 Å². The van der Waals surface area contributed by atoms with Crippen molar-refractivity contribution in [1.29, 1.82) is 0 Å². The molecule has 6 nitrogen and oxygen atoms in total. The fourth-order valence-electron chi connectivity index (χ4n) is 3.95. The third-order valence-electron chi connectivity index (χ3n) is 5.72. The fraction of sp³-hybridized carbons (Fsp3) is 0.259. The van der Waals surface area contributed by atoms with Crippen molar-refractivity contribution >= 4 is 45.9 Å².